The third-order valence-corrected chi connectivity index (χ3v) is 6.04. The molecule has 2 aromatic rings. The fraction of sp³-hybridized carbons (Fsp3) is 0.500. The molecule has 4 aliphatic rings. The number of carbonyl (C=O) groups is 2. The highest BCUT2D eigenvalue weighted by atomic mass is 16.2. The van der Waals surface area contributed by atoms with Gasteiger partial charge in [-0.05, 0) is 49.8 Å². The predicted octanol–water partition coefficient (Wildman–Crippen LogP) is 1.74. The Kier molecular flexibility index (Phi) is 3.95. The maximum absolute atomic E-state index is 13.2. The highest BCUT2D eigenvalue weighted by Crippen LogP contribution is 2.35. The van der Waals surface area contributed by atoms with Gasteiger partial charge in [-0.2, -0.15) is 0 Å². The summed E-state index contributed by atoms with van der Waals surface area (Å²) in [6.07, 6.45) is 7.61. The van der Waals surface area contributed by atoms with Gasteiger partial charge in [-0.1, -0.05) is 6.07 Å². The lowest BCUT2D eigenvalue weighted by Gasteiger charge is -2.36. The Morgan fingerprint density at radius 2 is 1.89 bits per heavy atom. The first-order valence-electron chi connectivity index (χ1n) is 9.74. The summed E-state index contributed by atoms with van der Waals surface area (Å²) in [5, 5.41) is 7.65. The third-order valence-electron chi connectivity index (χ3n) is 6.04. The minimum atomic E-state index is -0.0486. The number of amides is 2. The largest absolute Gasteiger partial charge is 0.337 e. The van der Waals surface area contributed by atoms with Crippen molar-refractivity contribution in [2.75, 3.05) is 19.6 Å². The van der Waals surface area contributed by atoms with Crippen molar-refractivity contribution in [2.45, 2.75) is 31.7 Å². The SMILES string of the molecule is O=C(c1cccc(-n2cnnc2)c1)N1C[C@@H]2CC[C@H](C1)N(CC1CC1)C2=O. The van der Waals surface area contributed by atoms with E-state index in [4.69, 9.17) is 0 Å². The number of piperidine rings is 1. The van der Waals surface area contributed by atoms with Crippen molar-refractivity contribution >= 4 is 11.8 Å². The molecular formula is C20H23N5O2. The molecule has 2 atom stereocenters. The molecule has 27 heavy (non-hydrogen) atoms. The van der Waals surface area contributed by atoms with Crippen molar-refractivity contribution in [2.24, 2.45) is 11.8 Å². The monoisotopic (exact) mass is 365 g/mol. The molecule has 2 amide bonds. The van der Waals surface area contributed by atoms with E-state index in [9.17, 15) is 9.59 Å². The second-order valence-electron chi connectivity index (χ2n) is 7.99. The van der Waals surface area contributed by atoms with Crippen LogP contribution in [0.3, 0.4) is 0 Å². The summed E-state index contributed by atoms with van der Waals surface area (Å²) >= 11 is 0. The van der Waals surface area contributed by atoms with Crippen LogP contribution in [0.5, 0.6) is 0 Å². The third kappa shape index (κ3) is 3.11. The number of hydrogen-bond donors (Lipinski definition) is 0. The van der Waals surface area contributed by atoms with Crippen LogP contribution in [-0.4, -0.2) is 62.1 Å². The molecule has 4 heterocycles. The molecule has 0 spiro atoms. The first-order valence-corrected chi connectivity index (χ1v) is 9.74. The zero-order chi connectivity index (χ0) is 18.4. The van der Waals surface area contributed by atoms with Crippen LogP contribution in [0.1, 0.15) is 36.0 Å². The number of carbonyl (C=O) groups excluding carboxylic acids is 2. The van der Waals surface area contributed by atoms with Crippen molar-refractivity contribution < 1.29 is 9.59 Å². The van der Waals surface area contributed by atoms with Crippen LogP contribution in [0.4, 0.5) is 0 Å². The number of benzene rings is 1. The fourth-order valence-corrected chi connectivity index (χ4v) is 4.34. The van der Waals surface area contributed by atoms with Crippen LogP contribution < -0.4 is 0 Å². The molecule has 4 fully saturated rings. The Balaban J connectivity index is 1.38. The first-order chi connectivity index (χ1) is 13.2. The Labute approximate surface area is 158 Å². The van der Waals surface area contributed by atoms with Crippen molar-refractivity contribution in [1.29, 1.82) is 0 Å². The van der Waals surface area contributed by atoms with Gasteiger partial charge < -0.3 is 9.80 Å². The Morgan fingerprint density at radius 3 is 2.67 bits per heavy atom. The molecule has 7 heteroatoms. The van der Waals surface area contributed by atoms with E-state index in [2.05, 4.69) is 15.1 Å². The molecule has 3 saturated heterocycles. The second-order valence-corrected chi connectivity index (χ2v) is 7.99. The van der Waals surface area contributed by atoms with Crippen LogP contribution in [0, 0.1) is 11.8 Å². The molecule has 1 saturated carbocycles. The van der Waals surface area contributed by atoms with E-state index in [1.54, 1.807) is 17.2 Å². The second kappa shape index (κ2) is 6.48. The lowest BCUT2D eigenvalue weighted by atomic mass is 9.94. The smallest absolute Gasteiger partial charge is 0.254 e. The lowest BCUT2D eigenvalue weighted by molar-refractivity contribution is -0.140. The summed E-state index contributed by atoms with van der Waals surface area (Å²) < 4.78 is 1.78. The van der Waals surface area contributed by atoms with Crippen LogP contribution in [0.25, 0.3) is 5.69 Å². The first kappa shape index (κ1) is 16.5. The van der Waals surface area contributed by atoms with E-state index in [-0.39, 0.29) is 23.8 Å². The standard InChI is InChI=1S/C20H23N5O2/c26-19(15-2-1-3-17(8-15)24-12-21-22-13-24)23-10-16-6-7-18(11-23)25(20(16)27)9-14-4-5-14/h1-3,8,12-14,16,18H,4-7,9-11H2/t16-,18+/m0/s1. The van der Waals surface area contributed by atoms with Gasteiger partial charge in [0, 0.05) is 36.9 Å². The number of hydrogen-bond acceptors (Lipinski definition) is 4. The normalized spacial score (nSPS) is 25.0. The minimum Gasteiger partial charge on any atom is -0.337 e. The predicted molar refractivity (Wildman–Crippen MR) is 98.2 cm³/mol. The van der Waals surface area contributed by atoms with Crippen LogP contribution in [-0.2, 0) is 4.79 Å². The minimum absolute atomic E-state index is 0.00268. The molecule has 2 bridgehead atoms. The van der Waals surface area contributed by atoms with E-state index in [1.165, 1.54) is 12.8 Å². The summed E-state index contributed by atoms with van der Waals surface area (Å²) in [6, 6.07) is 7.67. The molecule has 0 unspecified atom stereocenters. The topological polar surface area (TPSA) is 71.3 Å². The maximum Gasteiger partial charge on any atom is 0.254 e. The molecule has 0 radical (unpaired) electrons. The van der Waals surface area contributed by atoms with Gasteiger partial charge in [-0.25, -0.2) is 0 Å². The number of fused-ring (bicyclic) bond motifs is 4. The Hall–Kier alpha value is -2.70. The van der Waals surface area contributed by atoms with Gasteiger partial charge in [0.05, 0.1) is 5.92 Å². The van der Waals surface area contributed by atoms with Gasteiger partial charge in [0.1, 0.15) is 12.7 Å². The number of aromatic nitrogens is 3. The van der Waals surface area contributed by atoms with Gasteiger partial charge in [-0.15, -0.1) is 10.2 Å². The Bertz CT molecular complexity index is 861. The summed E-state index contributed by atoms with van der Waals surface area (Å²) in [5.41, 5.74) is 1.50. The highest BCUT2D eigenvalue weighted by molar-refractivity contribution is 5.95. The molecular weight excluding hydrogens is 342 g/mol. The zero-order valence-electron chi connectivity index (χ0n) is 15.2. The van der Waals surface area contributed by atoms with Gasteiger partial charge in [-0.3, -0.25) is 14.2 Å². The van der Waals surface area contributed by atoms with Crippen molar-refractivity contribution in [1.82, 2.24) is 24.6 Å². The average Bonchev–Trinajstić information content (AvgIpc) is 3.42. The van der Waals surface area contributed by atoms with Crippen LogP contribution in [0.15, 0.2) is 36.9 Å². The summed E-state index contributed by atoms with van der Waals surface area (Å²) in [4.78, 5) is 30.0. The number of nitrogens with zero attached hydrogens (tertiary/aromatic N) is 5. The Morgan fingerprint density at radius 1 is 1.07 bits per heavy atom. The van der Waals surface area contributed by atoms with E-state index in [1.807, 2.05) is 29.2 Å². The van der Waals surface area contributed by atoms with Crippen LogP contribution in [0.2, 0.25) is 0 Å². The van der Waals surface area contributed by atoms with Crippen molar-refractivity contribution in [3.8, 4) is 5.69 Å². The molecule has 0 N–H and O–H groups in total. The van der Waals surface area contributed by atoms with Gasteiger partial charge in [0.2, 0.25) is 5.91 Å². The lowest BCUT2D eigenvalue weighted by Crippen LogP contribution is -2.48. The van der Waals surface area contributed by atoms with Gasteiger partial charge in [0.15, 0.2) is 0 Å². The molecule has 1 aliphatic carbocycles. The van der Waals surface area contributed by atoms with Gasteiger partial charge in [0.25, 0.3) is 5.91 Å². The highest BCUT2D eigenvalue weighted by Gasteiger charge is 2.43. The quantitative estimate of drug-likeness (QED) is 0.827. The molecule has 1 aromatic carbocycles. The summed E-state index contributed by atoms with van der Waals surface area (Å²) in [7, 11) is 0. The van der Waals surface area contributed by atoms with E-state index in [0.717, 1.165) is 25.1 Å². The van der Waals surface area contributed by atoms with Gasteiger partial charge >= 0.3 is 0 Å². The molecule has 140 valence electrons. The maximum atomic E-state index is 13.2. The molecule has 7 nitrogen and oxygen atoms in total. The van der Waals surface area contributed by atoms with Crippen molar-refractivity contribution in [3.05, 3.63) is 42.5 Å². The zero-order valence-corrected chi connectivity index (χ0v) is 15.2. The molecule has 3 aliphatic heterocycles. The van der Waals surface area contributed by atoms with E-state index < -0.39 is 0 Å². The summed E-state index contributed by atoms with van der Waals surface area (Å²) in [6.45, 7) is 2.06. The number of rotatable bonds is 4. The average molecular weight is 365 g/mol. The fourth-order valence-electron chi connectivity index (χ4n) is 4.34. The van der Waals surface area contributed by atoms with Crippen LogP contribution >= 0.6 is 0 Å². The molecule has 1 aromatic heterocycles. The molecule has 6 rings (SSSR count). The van der Waals surface area contributed by atoms with E-state index in [0.29, 0.717) is 24.6 Å². The summed E-state index contributed by atoms with van der Waals surface area (Å²) in [5.74, 6) is 0.889. The van der Waals surface area contributed by atoms with Crippen molar-refractivity contribution in [3.63, 3.8) is 0 Å². The van der Waals surface area contributed by atoms with E-state index >= 15 is 0 Å².